The molecule has 2 aromatic carbocycles. The molecule has 2 aromatic rings. The Morgan fingerprint density at radius 3 is 2.54 bits per heavy atom. The molecule has 0 saturated carbocycles. The Bertz CT molecular complexity index is 796. The third kappa shape index (κ3) is 6.17. The second kappa shape index (κ2) is 9.69. The molecule has 0 aliphatic heterocycles. The summed E-state index contributed by atoms with van der Waals surface area (Å²) in [5.41, 5.74) is 1.36. The van der Waals surface area contributed by atoms with Gasteiger partial charge in [0.1, 0.15) is 11.5 Å². The molecule has 7 nitrogen and oxygen atoms in total. The summed E-state index contributed by atoms with van der Waals surface area (Å²) in [6, 6.07) is 15.6. The van der Waals surface area contributed by atoms with Crippen LogP contribution in [0.1, 0.15) is 11.1 Å². The average molecular weight is 354 g/mol. The molecule has 0 unspecified atom stereocenters. The van der Waals surface area contributed by atoms with Crippen LogP contribution in [-0.2, 0) is 20.9 Å². The molecule has 0 saturated heterocycles. The van der Waals surface area contributed by atoms with Gasteiger partial charge < -0.3 is 19.5 Å². The number of rotatable bonds is 8. The van der Waals surface area contributed by atoms with Crippen LogP contribution in [0.4, 0.5) is 0 Å². The molecule has 0 radical (unpaired) electrons. The standard InChI is InChI=1S/C19H18N2O5/c1-24-17-4-2-3-15(9-17)11-21-18(22)12-26-19(23)13-25-16-7-5-14(10-20)6-8-16/h2-9H,11-13H2,1H3,(H,21,22). The minimum Gasteiger partial charge on any atom is -0.497 e. The van der Waals surface area contributed by atoms with Crippen LogP contribution in [0.3, 0.4) is 0 Å². The number of hydrogen-bond donors (Lipinski definition) is 1. The molecule has 134 valence electrons. The van der Waals surface area contributed by atoms with Crippen LogP contribution in [0.25, 0.3) is 0 Å². The highest BCUT2D eigenvalue weighted by molar-refractivity contribution is 5.80. The second-order valence-corrected chi connectivity index (χ2v) is 5.21. The van der Waals surface area contributed by atoms with E-state index in [1.807, 2.05) is 18.2 Å². The third-order valence-corrected chi connectivity index (χ3v) is 3.33. The predicted molar refractivity (Wildman–Crippen MR) is 92.5 cm³/mol. The molecule has 0 aliphatic rings. The number of carbonyl (C=O) groups excluding carboxylic acids is 2. The Labute approximate surface area is 151 Å². The number of esters is 1. The molecular weight excluding hydrogens is 336 g/mol. The minimum atomic E-state index is -0.661. The Morgan fingerprint density at radius 2 is 1.85 bits per heavy atom. The molecule has 0 fully saturated rings. The molecule has 0 bridgehead atoms. The predicted octanol–water partition coefficient (Wildman–Crippen LogP) is 1.81. The Balaban J connectivity index is 1.67. The van der Waals surface area contributed by atoms with Crippen molar-refractivity contribution in [1.29, 1.82) is 5.26 Å². The number of methoxy groups -OCH3 is 1. The molecule has 0 aromatic heterocycles. The van der Waals surface area contributed by atoms with Gasteiger partial charge in [0.2, 0.25) is 0 Å². The van der Waals surface area contributed by atoms with Crippen molar-refractivity contribution in [2.24, 2.45) is 0 Å². The highest BCUT2D eigenvalue weighted by atomic mass is 16.6. The summed E-state index contributed by atoms with van der Waals surface area (Å²) < 4.78 is 15.2. The normalized spacial score (nSPS) is 9.69. The summed E-state index contributed by atoms with van der Waals surface area (Å²) in [6.07, 6.45) is 0. The first-order chi connectivity index (χ1) is 12.6. The number of carbonyl (C=O) groups is 2. The molecule has 7 heteroatoms. The van der Waals surface area contributed by atoms with E-state index < -0.39 is 11.9 Å². The zero-order valence-electron chi connectivity index (χ0n) is 14.2. The summed E-state index contributed by atoms with van der Waals surface area (Å²) in [7, 11) is 1.57. The highest BCUT2D eigenvalue weighted by Gasteiger charge is 2.09. The van der Waals surface area contributed by atoms with Gasteiger partial charge in [0, 0.05) is 6.54 Å². The van der Waals surface area contributed by atoms with Crippen molar-refractivity contribution in [3.05, 3.63) is 59.7 Å². The summed E-state index contributed by atoms with van der Waals surface area (Å²) in [5, 5.41) is 11.4. The fraction of sp³-hybridized carbons (Fsp3) is 0.211. The lowest BCUT2D eigenvalue weighted by Crippen LogP contribution is -2.29. The van der Waals surface area contributed by atoms with Gasteiger partial charge in [-0.25, -0.2) is 4.79 Å². The van der Waals surface area contributed by atoms with Gasteiger partial charge in [-0.3, -0.25) is 4.79 Å². The molecule has 0 spiro atoms. The molecule has 0 aliphatic carbocycles. The molecule has 2 rings (SSSR count). The van der Waals surface area contributed by atoms with E-state index in [1.54, 1.807) is 43.5 Å². The van der Waals surface area contributed by atoms with Crippen molar-refractivity contribution in [2.75, 3.05) is 20.3 Å². The van der Waals surface area contributed by atoms with Crippen LogP contribution in [0.2, 0.25) is 0 Å². The van der Waals surface area contributed by atoms with E-state index in [2.05, 4.69) is 5.32 Å². The number of hydrogen-bond acceptors (Lipinski definition) is 6. The van der Waals surface area contributed by atoms with Crippen molar-refractivity contribution < 1.29 is 23.8 Å². The number of benzene rings is 2. The molecule has 0 heterocycles. The summed E-state index contributed by atoms with van der Waals surface area (Å²) in [5.74, 6) is 0.0528. The van der Waals surface area contributed by atoms with Crippen LogP contribution >= 0.6 is 0 Å². The van der Waals surface area contributed by atoms with Gasteiger partial charge in [-0.2, -0.15) is 5.26 Å². The van der Waals surface area contributed by atoms with E-state index in [0.29, 0.717) is 23.6 Å². The van der Waals surface area contributed by atoms with Crippen molar-refractivity contribution in [1.82, 2.24) is 5.32 Å². The zero-order valence-corrected chi connectivity index (χ0v) is 14.2. The van der Waals surface area contributed by atoms with Crippen molar-refractivity contribution >= 4 is 11.9 Å². The van der Waals surface area contributed by atoms with Crippen LogP contribution < -0.4 is 14.8 Å². The van der Waals surface area contributed by atoms with Gasteiger partial charge in [0.05, 0.1) is 18.7 Å². The Kier molecular flexibility index (Phi) is 7.01. The van der Waals surface area contributed by atoms with Crippen molar-refractivity contribution in [3.8, 4) is 17.6 Å². The Hall–Kier alpha value is -3.53. The SMILES string of the molecule is COc1cccc(CNC(=O)COC(=O)COc2ccc(C#N)cc2)c1. The van der Waals surface area contributed by atoms with Gasteiger partial charge in [0.25, 0.3) is 5.91 Å². The highest BCUT2D eigenvalue weighted by Crippen LogP contribution is 2.12. The maximum atomic E-state index is 11.7. The van der Waals surface area contributed by atoms with Gasteiger partial charge >= 0.3 is 5.97 Å². The molecular formula is C19H18N2O5. The zero-order chi connectivity index (χ0) is 18.8. The van der Waals surface area contributed by atoms with E-state index in [9.17, 15) is 9.59 Å². The lowest BCUT2D eigenvalue weighted by atomic mass is 10.2. The van der Waals surface area contributed by atoms with Crippen LogP contribution in [-0.4, -0.2) is 32.2 Å². The third-order valence-electron chi connectivity index (χ3n) is 3.33. The number of nitriles is 1. The topological polar surface area (TPSA) is 97.7 Å². The van der Waals surface area contributed by atoms with E-state index >= 15 is 0 Å². The molecule has 0 atom stereocenters. The van der Waals surface area contributed by atoms with E-state index in [4.69, 9.17) is 19.5 Å². The quantitative estimate of drug-likeness (QED) is 0.726. The van der Waals surface area contributed by atoms with E-state index in [-0.39, 0.29) is 13.2 Å². The second-order valence-electron chi connectivity index (χ2n) is 5.21. The summed E-state index contributed by atoms with van der Waals surface area (Å²) >= 11 is 0. The van der Waals surface area contributed by atoms with Crippen LogP contribution in [0, 0.1) is 11.3 Å². The average Bonchev–Trinajstić information content (AvgIpc) is 2.69. The molecule has 1 amide bonds. The van der Waals surface area contributed by atoms with Gasteiger partial charge in [-0.05, 0) is 42.0 Å². The smallest absolute Gasteiger partial charge is 0.344 e. The van der Waals surface area contributed by atoms with Crippen LogP contribution in [0.15, 0.2) is 48.5 Å². The van der Waals surface area contributed by atoms with Gasteiger partial charge in [0.15, 0.2) is 13.2 Å². The molecule has 26 heavy (non-hydrogen) atoms. The number of ether oxygens (including phenoxy) is 3. The Morgan fingerprint density at radius 1 is 1.08 bits per heavy atom. The van der Waals surface area contributed by atoms with Crippen molar-refractivity contribution in [2.45, 2.75) is 6.54 Å². The number of amides is 1. The first kappa shape index (κ1) is 18.8. The maximum Gasteiger partial charge on any atom is 0.344 e. The first-order valence-electron chi connectivity index (χ1n) is 7.79. The largest absolute Gasteiger partial charge is 0.497 e. The maximum absolute atomic E-state index is 11.7. The lowest BCUT2D eigenvalue weighted by molar-refractivity contribution is -0.150. The fourth-order valence-electron chi connectivity index (χ4n) is 1.99. The van der Waals surface area contributed by atoms with Crippen LogP contribution in [0.5, 0.6) is 11.5 Å². The lowest BCUT2D eigenvalue weighted by Gasteiger charge is -2.08. The number of nitrogens with zero attached hydrogens (tertiary/aromatic N) is 1. The van der Waals surface area contributed by atoms with E-state index in [0.717, 1.165) is 5.56 Å². The monoisotopic (exact) mass is 354 g/mol. The fourth-order valence-corrected chi connectivity index (χ4v) is 1.99. The molecule has 1 N–H and O–H groups in total. The van der Waals surface area contributed by atoms with E-state index in [1.165, 1.54) is 0 Å². The minimum absolute atomic E-state index is 0.301. The van der Waals surface area contributed by atoms with Gasteiger partial charge in [-0.15, -0.1) is 0 Å². The summed E-state index contributed by atoms with van der Waals surface area (Å²) in [6.45, 7) is -0.413. The summed E-state index contributed by atoms with van der Waals surface area (Å²) in [4.78, 5) is 23.3. The number of nitrogens with one attached hydrogen (secondary N) is 1. The van der Waals surface area contributed by atoms with Gasteiger partial charge in [-0.1, -0.05) is 12.1 Å². The first-order valence-corrected chi connectivity index (χ1v) is 7.79. The van der Waals surface area contributed by atoms with Crippen molar-refractivity contribution in [3.63, 3.8) is 0 Å².